The fourth-order valence-corrected chi connectivity index (χ4v) is 1.87. The van der Waals surface area contributed by atoms with E-state index in [4.69, 9.17) is 11.6 Å². The third-order valence-electron chi connectivity index (χ3n) is 2.46. The fourth-order valence-electron chi connectivity index (χ4n) is 1.59. The summed E-state index contributed by atoms with van der Waals surface area (Å²) in [5.41, 5.74) is 0.975. The lowest BCUT2D eigenvalue weighted by Crippen LogP contribution is -2.40. The summed E-state index contributed by atoms with van der Waals surface area (Å²) in [6.07, 6.45) is -0.611. The number of aromatic nitrogens is 1. The molecule has 18 heavy (non-hydrogen) atoms. The van der Waals surface area contributed by atoms with Gasteiger partial charge < -0.3 is 14.8 Å². The fraction of sp³-hybridized carbons (Fsp3) is 0.545. The molecule has 0 bridgehead atoms. The lowest BCUT2D eigenvalue weighted by molar-refractivity contribution is 0.151. The number of aliphatic imine (C=N–C) groups is 1. The van der Waals surface area contributed by atoms with Gasteiger partial charge in [-0.25, -0.2) is 8.78 Å². The van der Waals surface area contributed by atoms with Crippen LogP contribution in [0.1, 0.15) is 5.69 Å². The molecule has 102 valence electrons. The van der Waals surface area contributed by atoms with Crippen molar-refractivity contribution in [1.82, 2.24) is 14.8 Å². The van der Waals surface area contributed by atoms with Gasteiger partial charge in [-0.1, -0.05) is 11.6 Å². The van der Waals surface area contributed by atoms with Gasteiger partial charge >= 0.3 is 0 Å². The minimum atomic E-state index is -2.40. The molecule has 4 nitrogen and oxygen atoms in total. The zero-order valence-electron chi connectivity index (χ0n) is 10.6. The lowest BCUT2D eigenvalue weighted by Gasteiger charge is -2.22. The summed E-state index contributed by atoms with van der Waals surface area (Å²) in [6, 6.07) is 1.83. The maximum absolute atomic E-state index is 12.1. The molecular weight excluding hydrogens is 262 g/mol. The Hall–Kier alpha value is -1.30. The summed E-state index contributed by atoms with van der Waals surface area (Å²) in [6.45, 7) is 0.122. The summed E-state index contributed by atoms with van der Waals surface area (Å²) in [5.74, 6) is 0.424. The third kappa shape index (κ3) is 4.18. The van der Waals surface area contributed by atoms with Crippen LogP contribution in [0.15, 0.2) is 17.3 Å². The normalized spacial score (nSPS) is 12.1. The number of rotatable bonds is 4. The van der Waals surface area contributed by atoms with Crippen molar-refractivity contribution in [2.45, 2.75) is 13.0 Å². The Morgan fingerprint density at radius 1 is 1.61 bits per heavy atom. The molecule has 0 aliphatic carbocycles. The third-order valence-corrected chi connectivity index (χ3v) is 2.67. The van der Waals surface area contributed by atoms with Gasteiger partial charge in [-0.15, -0.1) is 0 Å². The van der Waals surface area contributed by atoms with Crippen LogP contribution >= 0.6 is 11.6 Å². The largest absolute Gasteiger partial charge is 0.351 e. The summed E-state index contributed by atoms with van der Waals surface area (Å²) >= 11 is 5.88. The first-order valence-corrected chi connectivity index (χ1v) is 5.82. The molecule has 0 unspecified atom stereocenters. The second-order valence-corrected chi connectivity index (χ2v) is 4.37. The van der Waals surface area contributed by atoms with Gasteiger partial charge in [0, 0.05) is 33.0 Å². The molecule has 0 aliphatic rings. The van der Waals surface area contributed by atoms with Gasteiger partial charge in [0.15, 0.2) is 5.96 Å². The highest BCUT2D eigenvalue weighted by Crippen LogP contribution is 2.14. The van der Waals surface area contributed by atoms with Crippen LogP contribution in [-0.4, -0.2) is 42.5 Å². The second kappa shape index (κ2) is 6.58. The molecule has 0 radical (unpaired) electrons. The van der Waals surface area contributed by atoms with Crippen LogP contribution in [0.4, 0.5) is 8.78 Å². The van der Waals surface area contributed by atoms with Crippen molar-refractivity contribution in [3.8, 4) is 0 Å². The molecule has 7 heteroatoms. The first kappa shape index (κ1) is 14.8. The van der Waals surface area contributed by atoms with Crippen LogP contribution in [0.2, 0.25) is 5.02 Å². The second-order valence-electron chi connectivity index (χ2n) is 3.94. The Labute approximate surface area is 110 Å². The number of hydrogen-bond donors (Lipinski definition) is 1. The first-order chi connectivity index (χ1) is 8.43. The number of guanidine groups is 1. The maximum Gasteiger partial charge on any atom is 0.255 e. The van der Waals surface area contributed by atoms with Crippen LogP contribution in [0.3, 0.4) is 0 Å². The van der Waals surface area contributed by atoms with Crippen molar-refractivity contribution < 1.29 is 8.78 Å². The molecule has 0 fully saturated rings. The molecule has 1 aromatic heterocycles. The Morgan fingerprint density at radius 3 is 2.72 bits per heavy atom. The van der Waals surface area contributed by atoms with Crippen molar-refractivity contribution in [2.75, 3.05) is 20.6 Å². The number of halogens is 3. The van der Waals surface area contributed by atoms with Crippen molar-refractivity contribution in [3.63, 3.8) is 0 Å². The molecule has 1 N–H and O–H groups in total. The highest BCUT2D eigenvalue weighted by atomic mass is 35.5. The molecule has 0 saturated carbocycles. The average Bonchev–Trinajstić information content (AvgIpc) is 2.57. The Morgan fingerprint density at radius 2 is 2.28 bits per heavy atom. The minimum absolute atomic E-state index is 0.412. The summed E-state index contributed by atoms with van der Waals surface area (Å²) in [7, 11) is 5.22. The Kier molecular flexibility index (Phi) is 5.40. The van der Waals surface area contributed by atoms with E-state index in [-0.39, 0.29) is 0 Å². The number of nitrogens with one attached hydrogen (secondary N) is 1. The molecule has 1 aromatic rings. The smallest absolute Gasteiger partial charge is 0.255 e. The molecule has 0 amide bonds. The van der Waals surface area contributed by atoms with Crippen LogP contribution < -0.4 is 5.32 Å². The number of aryl methyl sites for hydroxylation is 1. The molecule has 0 saturated heterocycles. The molecule has 1 heterocycles. The average molecular weight is 279 g/mol. The van der Waals surface area contributed by atoms with E-state index in [2.05, 4.69) is 10.3 Å². The van der Waals surface area contributed by atoms with Crippen molar-refractivity contribution in [3.05, 3.63) is 23.0 Å². The Bertz CT molecular complexity index is 417. The van der Waals surface area contributed by atoms with Crippen molar-refractivity contribution in [2.24, 2.45) is 12.0 Å². The van der Waals surface area contributed by atoms with Gasteiger partial charge in [-0.3, -0.25) is 4.99 Å². The van der Waals surface area contributed by atoms with E-state index in [1.165, 1.54) is 0 Å². The van der Waals surface area contributed by atoms with Crippen LogP contribution in [0, 0.1) is 0 Å². The summed E-state index contributed by atoms with van der Waals surface area (Å²) in [5, 5.41) is 3.25. The van der Waals surface area contributed by atoms with Crippen LogP contribution in [0.25, 0.3) is 0 Å². The minimum Gasteiger partial charge on any atom is -0.351 e. The van der Waals surface area contributed by atoms with Gasteiger partial charge in [-0.05, 0) is 6.07 Å². The molecular formula is C11H17ClF2N4. The molecule has 0 atom stereocenters. The zero-order chi connectivity index (χ0) is 13.7. The van der Waals surface area contributed by atoms with Gasteiger partial charge in [0.05, 0.1) is 18.1 Å². The van der Waals surface area contributed by atoms with E-state index in [0.29, 0.717) is 17.5 Å². The van der Waals surface area contributed by atoms with Gasteiger partial charge in [0.1, 0.15) is 0 Å². The van der Waals surface area contributed by atoms with E-state index in [0.717, 1.165) is 5.69 Å². The van der Waals surface area contributed by atoms with E-state index in [1.807, 2.05) is 17.7 Å². The van der Waals surface area contributed by atoms with Crippen molar-refractivity contribution in [1.29, 1.82) is 0 Å². The van der Waals surface area contributed by atoms with Gasteiger partial charge in [0.2, 0.25) is 0 Å². The predicted octanol–water partition coefficient (Wildman–Crippen LogP) is 1.95. The summed E-state index contributed by atoms with van der Waals surface area (Å²) in [4.78, 5) is 5.71. The van der Waals surface area contributed by atoms with Crippen LogP contribution in [-0.2, 0) is 13.6 Å². The quantitative estimate of drug-likeness (QED) is 0.674. The van der Waals surface area contributed by atoms with E-state index >= 15 is 0 Å². The number of alkyl halides is 2. The van der Waals surface area contributed by atoms with Crippen molar-refractivity contribution >= 4 is 17.6 Å². The lowest BCUT2D eigenvalue weighted by atomic mass is 10.4. The topological polar surface area (TPSA) is 32.6 Å². The first-order valence-electron chi connectivity index (χ1n) is 5.44. The molecule has 0 aromatic carbocycles. The highest BCUT2D eigenvalue weighted by Gasteiger charge is 2.11. The zero-order valence-corrected chi connectivity index (χ0v) is 11.4. The van der Waals surface area contributed by atoms with Gasteiger partial charge in [-0.2, -0.15) is 0 Å². The number of hydrogen-bond acceptors (Lipinski definition) is 1. The van der Waals surface area contributed by atoms with E-state index in [1.54, 1.807) is 25.2 Å². The highest BCUT2D eigenvalue weighted by molar-refractivity contribution is 6.30. The molecule has 0 aliphatic heterocycles. The van der Waals surface area contributed by atoms with E-state index < -0.39 is 13.0 Å². The van der Waals surface area contributed by atoms with E-state index in [9.17, 15) is 8.78 Å². The van der Waals surface area contributed by atoms with Crippen LogP contribution in [0.5, 0.6) is 0 Å². The molecule has 1 rings (SSSR count). The monoisotopic (exact) mass is 278 g/mol. The standard InChI is InChI=1S/C11H17ClF2N4/c1-15-11(16-5-10(13)14)18(3)7-9-4-8(12)6-17(9)2/h4,6,10H,5,7H2,1-3H3,(H,15,16). The predicted molar refractivity (Wildman–Crippen MR) is 69.3 cm³/mol. The number of nitrogens with zero attached hydrogens (tertiary/aromatic N) is 3. The summed E-state index contributed by atoms with van der Waals surface area (Å²) < 4.78 is 26.2. The SMILES string of the molecule is CN=C(NCC(F)F)N(C)Cc1cc(Cl)cn1C. The molecule has 0 spiro atoms. The maximum atomic E-state index is 12.1. The Balaban J connectivity index is 2.63. The van der Waals surface area contributed by atoms with Gasteiger partial charge in [0.25, 0.3) is 6.43 Å².